The topological polar surface area (TPSA) is 28.2 Å². The van der Waals surface area contributed by atoms with E-state index in [4.69, 9.17) is 0 Å². The fraction of sp³-hybridized carbons (Fsp3) is 0.643. The zero-order valence-electron chi connectivity index (χ0n) is 11.2. The lowest BCUT2D eigenvalue weighted by Crippen LogP contribution is -2.28. The first-order valence-corrected chi connectivity index (χ1v) is 6.75. The van der Waals surface area contributed by atoms with Crippen LogP contribution in [0.2, 0.25) is 0 Å². The summed E-state index contributed by atoms with van der Waals surface area (Å²) >= 11 is 0. The van der Waals surface area contributed by atoms with Crippen LogP contribution in [0.5, 0.6) is 0 Å². The van der Waals surface area contributed by atoms with Gasteiger partial charge in [0.25, 0.3) is 0 Å². The van der Waals surface area contributed by atoms with Gasteiger partial charge in [0.1, 0.15) is 5.82 Å². The van der Waals surface area contributed by atoms with E-state index in [0.29, 0.717) is 5.92 Å². The molecule has 1 aliphatic rings. The second-order valence-corrected chi connectivity index (χ2v) is 5.11. The first-order valence-electron chi connectivity index (χ1n) is 6.75. The summed E-state index contributed by atoms with van der Waals surface area (Å²) in [7, 11) is 0. The number of rotatable bonds is 5. The van der Waals surface area contributed by atoms with Gasteiger partial charge in [0.2, 0.25) is 0 Å². The highest BCUT2D eigenvalue weighted by Crippen LogP contribution is 2.17. The number of aromatic nitrogens is 1. The van der Waals surface area contributed by atoms with Crippen LogP contribution in [0, 0.1) is 11.7 Å². The van der Waals surface area contributed by atoms with Gasteiger partial charge < -0.3 is 10.2 Å². The highest BCUT2D eigenvalue weighted by atomic mass is 19.1. The number of nitrogens with one attached hydrogen (secondary N) is 1. The number of halogens is 1. The lowest BCUT2D eigenvalue weighted by atomic mass is 10.1. The zero-order chi connectivity index (χ0) is 13.0. The van der Waals surface area contributed by atoms with Crippen LogP contribution < -0.4 is 5.32 Å². The minimum atomic E-state index is -0.265. The molecule has 0 saturated carbocycles. The molecule has 1 N–H and O–H groups in total. The molecule has 1 aromatic heterocycles. The predicted molar refractivity (Wildman–Crippen MR) is 70.8 cm³/mol. The van der Waals surface area contributed by atoms with Gasteiger partial charge in [-0.05, 0) is 50.5 Å². The number of nitrogens with zero attached hydrogens (tertiary/aromatic N) is 2. The van der Waals surface area contributed by atoms with Crippen LogP contribution in [-0.2, 0) is 0 Å². The summed E-state index contributed by atoms with van der Waals surface area (Å²) < 4.78 is 13.1. The van der Waals surface area contributed by atoms with Crippen molar-refractivity contribution in [1.82, 2.24) is 15.2 Å². The van der Waals surface area contributed by atoms with E-state index < -0.39 is 0 Å². The van der Waals surface area contributed by atoms with Crippen molar-refractivity contribution in [3.8, 4) is 0 Å². The van der Waals surface area contributed by atoms with Crippen LogP contribution in [0.1, 0.15) is 31.9 Å². The van der Waals surface area contributed by atoms with Gasteiger partial charge in [0.05, 0.1) is 6.20 Å². The molecule has 1 fully saturated rings. The summed E-state index contributed by atoms with van der Waals surface area (Å²) in [6, 6.07) is 1.71. The molecule has 1 aliphatic heterocycles. The van der Waals surface area contributed by atoms with E-state index in [0.717, 1.165) is 18.7 Å². The summed E-state index contributed by atoms with van der Waals surface area (Å²) in [5.41, 5.74) is 0.917. The molecule has 1 saturated heterocycles. The molecule has 0 aliphatic carbocycles. The molecule has 0 radical (unpaired) electrons. The van der Waals surface area contributed by atoms with Gasteiger partial charge >= 0.3 is 0 Å². The number of pyridine rings is 1. The second kappa shape index (κ2) is 6.25. The number of likely N-dealkylation sites (tertiary alicyclic amines) is 1. The van der Waals surface area contributed by atoms with Gasteiger partial charge in [-0.2, -0.15) is 0 Å². The van der Waals surface area contributed by atoms with Crippen molar-refractivity contribution < 1.29 is 4.39 Å². The maximum absolute atomic E-state index is 13.1. The Balaban J connectivity index is 1.80. The van der Waals surface area contributed by atoms with E-state index in [1.165, 1.54) is 25.7 Å². The van der Waals surface area contributed by atoms with E-state index >= 15 is 0 Å². The van der Waals surface area contributed by atoms with Crippen molar-refractivity contribution in [2.75, 3.05) is 26.2 Å². The molecule has 4 heteroatoms. The summed E-state index contributed by atoms with van der Waals surface area (Å²) in [6.07, 6.45) is 4.23. The van der Waals surface area contributed by atoms with E-state index in [9.17, 15) is 4.39 Å². The molecular formula is C14H22FN3. The highest BCUT2D eigenvalue weighted by Gasteiger charge is 2.21. The third kappa shape index (κ3) is 3.50. The summed E-state index contributed by atoms with van der Waals surface area (Å²) in [5, 5.41) is 3.48. The normalized spacial score (nSPS) is 22.3. The summed E-state index contributed by atoms with van der Waals surface area (Å²) in [5.74, 6) is 0.452. The van der Waals surface area contributed by atoms with Gasteiger partial charge in [0, 0.05) is 18.8 Å². The molecule has 100 valence electrons. The quantitative estimate of drug-likeness (QED) is 0.869. The Morgan fingerprint density at radius 2 is 2.39 bits per heavy atom. The molecule has 0 spiro atoms. The zero-order valence-corrected chi connectivity index (χ0v) is 11.2. The van der Waals surface area contributed by atoms with E-state index in [-0.39, 0.29) is 11.9 Å². The first kappa shape index (κ1) is 13.4. The van der Waals surface area contributed by atoms with Gasteiger partial charge in [0.15, 0.2) is 0 Å². The summed E-state index contributed by atoms with van der Waals surface area (Å²) in [4.78, 5) is 6.36. The van der Waals surface area contributed by atoms with Crippen LogP contribution in [0.25, 0.3) is 0 Å². The van der Waals surface area contributed by atoms with Crippen LogP contribution in [-0.4, -0.2) is 36.1 Å². The Morgan fingerprint density at radius 1 is 1.56 bits per heavy atom. The van der Waals surface area contributed by atoms with Crippen LogP contribution in [0.15, 0.2) is 18.5 Å². The lowest BCUT2D eigenvalue weighted by molar-refractivity contribution is 0.336. The third-order valence-electron chi connectivity index (χ3n) is 3.76. The van der Waals surface area contributed by atoms with Crippen molar-refractivity contribution >= 4 is 0 Å². The van der Waals surface area contributed by atoms with Gasteiger partial charge in [-0.3, -0.25) is 4.98 Å². The predicted octanol–water partition coefficient (Wildman–Crippen LogP) is 2.21. The maximum atomic E-state index is 13.1. The standard InChI is InChI=1S/C14H22FN3/c1-3-18-5-4-12(10-18)7-17-11(2)13-6-14(15)9-16-8-13/h6,8-9,11-12,17H,3-5,7,10H2,1-2H3. The Hall–Kier alpha value is -1.00. The maximum Gasteiger partial charge on any atom is 0.141 e. The number of hydrogen-bond acceptors (Lipinski definition) is 3. The molecular weight excluding hydrogens is 229 g/mol. The molecule has 3 nitrogen and oxygen atoms in total. The van der Waals surface area contributed by atoms with Crippen LogP contribution in [0.3, 0.4) is 0 Å². The van der Waals surface area contributed by atoms with Crippen molar-refractivity contribution in [1.29, 1.82) is 0 Å². The van der Waals surface area contributed by atoms with E-state index in [1.54, 1.807) is 12.3 Å². The van der Waals surface area contributed by atoms with Crippen LogP contribution in [0.4, 0.5) is 4.39 Å². The molecule has 0 amide bonds. The van der Waals surface area contributed by atoms with Gasteiger partial charge in [-0.1, -0.05) is 6.92 Å². The smallest absolute Gasteiger partial charge is 0.141 e. The molecule has 2 rings (SSSR count). The molecule has 0 bridgehead atoms. The molecule has 2 atom stereocenters. The second-order valence-electron chi connectivity index (χ2n) is 5.11. The van der Waals surface area contributed by atoms with Gasteiger partial charge in [-0.15, -0.1) is 0 Å². The third-order valence-corrected chi connectivity index (χ3v) is 3.76. The average Bonchev–Trinajstić information content (AvgIpc) is 2.84. The lowest BCUT2D eigenvalue weighted by Gasteiger charge is -2.18. The highest BCUT2D eigenvalue weighted by molar-refractivity contribution is 5.14. The Labute approximate surface area is 108 Å². The Kier molecular flexibility index (Phi) is 4.66. The molecule has 1 aromatic rings. The van der Waals surface area contributed by atoms with Crippen molar-refractivity contribution in [2.45, 2.75) is 26.3 Å². The monoisotopic (exact) mass is 251 g/mol. The van der Waals surface area contributed by atoms with Crippen molar-refractivity contribution in [3.05, 3.63) is 29.8 Å². The summed E-state index contributed by atoms with van der Waals surface area (Å²) in [6.45, 7) is 8.78. The molecule has 2 heterocycles. The SMILES string of the molecule is CCN1CCC(CNC(C)c2cncc(F)c2)C1. The van der Waals surface area contributed by atoms with Crippen LogP contribution >= 0.6 is 0 Å². The molecule has 18 heavy (non-hydrogen) atoms. The fourth-order valence-corrected chi connectivity index (χ4v) is 2.49. The Morgan fingerprint density at radius 3 is 3.06 bits per heavy atom. The first-order chi connectivity index (χ1) is 8.69. The van der Waals surface area contributed by atoms with Gasteiger partial charge in [-0.25, -0.2) is 4.39 Å². The van der Waals surface area contributed by atoms with E-state index in [1.807, 2.05) is 0 Å². The van der Waals surface area contributed by atoms with E-state index in [2.05, 4.69) is 29.0 Å². The fourth-order valence-electron chi connectivity index (χ4n) is 2.49. The number of hydrogen-bond donors (Lipinski definition) is 1. The minimum Gasteiger partial charge on any atom is -0.310 e. The van der Waals surface area contributed by atoms with Crippen molar-refractivity contribution in [2.24, 2.45) is 5.92 Å². The average molecular weight is 251 g/mol. The molecule has 2 unspecified atom stereocenters. The Bertz CT molecular complexity index is 383. The minimum absolute atomic E-state index is 0.156. The van der Waals surface area contributed by atoms with Crippen molar-refractivity contribution in [3.63, 3.8) is 0 Å². The molecule has 0 aromatic carbocycles. The largest absolute Gasteiger partial charge is 0.310 e.